The van der Waals surface area contributed by atoms with Crippen LogP contribution in [-0.4, -0.2) is 52.9 Å². The number of aromatic carboxylic acids is 1. The predicted molar refractivity (Wildman–Crippen MR) is 122 cm³/mol. The van der Waals surface area contributed by atoms with Gasteiger partial charge in [-0.2, -0.15) is 5.26 Å². The number of hydrogen-bond donors (Lipinski definition) is 7. The molecule has 12 heteroatoms. The van der Waals surface area contributed by atoms with Crippen LogP contribution in [0.25, 0.3) is 0 Å². The number of phenols is 1. The smallest absolute Gasteiger partial charge is 0.411 e. The largest absolute Gasteiger partial charge is 0.507 e. The second-order valence-electron chi connectivity index (χ2n) is 6.48. The summed E-state index contributed by atoms with van der Waals surface area (Å²) < 4.78 is 4.51. The van der Waals surface area contributed by atoms with Crippen molar-refractivity contribution in [1.82, 2.24) is 0 Å². The number of carboxylic acid groups (broad SMARTS) is 1. The van der Waals surface area contributed by atoms with E-state index in [1.54, 1.807) is 6.07 Å². The van der Waals surface area contributed by atoms with E-state index in [9.17, 15) is 24.6 Å². The van der Waals surface area contributed by atoms with Gasteiger partial charge in [0, 0.05) is 23.4 Å². The van der Waals surface area contributed by atoms with Crippen LogP contribution in [0.4, 0.5) is 16.2 Å². The van der Waals surface area contributed by atoms with E-state index in [4.69, 9.17) is 21.5 Å². The van der Waals surface area contributed by atoms with Gasteiger partial charge in [-0.1, -0.05) is 0 Å². The highest BCUT2D eigenvalue weighted by atomic mass is 16.5. The highest BCUT2D eigenvalue weighted by Gasteiger charge is 2.22. The van der Waals surface area contributed by atoms with E-state index in [0.717, 1.165) is 31.5 Å². The number of nitrogens with one attached hydrogen (secondary N) is 5. The molecule has 0 heterocycles. The molecule has 2 aromatic rings. The van der Waals surface area contributed by atoms with Crippen LogP contribution in [0, 0.1) is 27.6 Å². The summed E-state index contributed by atoms with van der Waals surface area (Å²) in [5.41, 5.74) is -1.86. The van der Waals surface area contributed by atoms with Crippen LogP contribution >= 0.6 is 0 Å². The molecule has 2 amide bonds. The third-order valence-corrected chi connectivity index (χ3v) is 4.33. The lowest BCUT2D eigenvalue weighted by Crippen LogP contribution is -2.25. The molecule has 12 nitrogen and oxygen atoms in total. The molecule has 0 bridgehead atoms. The third kappa shape index (κ3) is 5.68. The van der Waals surface area contributed by atoms with Crippen LogP contribution in [0.15, 0.2) is 42.5 Å². The van der Waals surface area contributed by atoms with Crippen molar-refractivity contribution < 1.29 is 29.3 Å². The lowest BCUT2D eigenvalue weighted by atomic mass is 9.99. The average molecular weight is 462 g/mol. The summed E-state index contributed by atoms with van der Waals surface area (Å²) in [5, 5.41) is 56.6. The number of carbonyl (C=O) groups is 3. The maximum absolute atomic E-state index is 12.7. The van der Waals surface area contributed by atoms with Crippen LogP contribution in [0.2, 0.25) is 0 Å². The lowest BCUT2D eigenvalue weighted by molar-refractivity contribution is -0.110. The molecule has 0 radical (unpaired) electrons. The molecule has 0 saturated heterocycles. The number of nitrogens with zero attached hydrogens (tertiary/aromatic N) is 1. The van der Waals surface area contributed by atoms with Crippen LogP contribution in [0.5, 0.6) is 5.75 Å². The van der Waals surface area contributed by atoms with E-state index < -0.39 is 29.4 Å². The first-order chi connectivity index (χ1) is 16.1. The quantitative estimate of drug-likeness (QED) is 0.290. The molecule has 172 valence electrons. The molecule has 0 aliphatic heterocycles. The van der Waals surface area contributed by atoms with Crippen molar-refractivity contribution >= 4 is 47.0 Å². The molecule has 34 heavy (non-hydrogen) atoms. The molecule has 7 N–H and O–H groups in total. The van der Waals surface area contributed by atoms with Gasteiger partial charge < -0.3 is 31.1 Å². The summed E-state index contributed by atoms with van der Waals surface area (Å²) in [6.45, 7) is 0. The van der Waals surface area contributed by atoms with Crippen molar-refractivity contribution in [3.8, 4) is 11.8 Å². The highest BCUT2D eigenvalue weighted by molar-refractivity contribution is 6.48. The number of ether oxygens (including phenoxy) is 1. The fourth-order valence-electron chi connectivity index (χ4n) is 2.72. The molecule has 0 unspecified atom stereocenters. The fourth-order valence-corrected chi connectivity index (χ4v) is 2.72. The van der Waals surface area contributed by atoms with Crippen molar-refractivity contribution in [2.75, 3.05) is 17.7 Å². The van der Waals surface area contributed by atoms with Crippen molar-refractivity contribution in [3.05, 3.63) is 64.7 Å². The van der Waals surface area contributed by atoms with Gasteiger partial charge >= 0.3 is 12.1 Å². The Bertz CT molecular complexity index is 1290. The van der Waals surface area contributed by atoms with Gasteiger partial charge in [-0.25, -0.2) is 9.59 Å². The molecule has 0 aliphatic carbocycles. The van der Waals surface area contributed by atoms with Crippen LogP contribution in [-0.2, 0) is 9.53 Å². The minimum Gasteiger partial charge on any atom is -0.507 e. The minimum atomic E-state index is -1.41. The van der Waals surface area contributed by atoms with E-state index >= 15 is 0 Å². The van der Waals surface area contributed by atoms with Gasteiger partial charge in [0.2, 0.25) is 0 Å². The van der Waals surface area contributed by atoms with Gasteiger partial charge in [-0.15, -0.1) is 0 Å². The zero-order valence-electron chi connectivity index (χ0n) is 17.6. The SMILES string of the molecule is COC(=O)Nc1cc(O)c(C(=N)C(=O)Nc2ccc(C#N)cc2C(=O)O)cc1C(=N)/C=C\C=N. The number of carbonyl (C=O) groups excluding carboxylic acids is 2. The van der Waals surface area contributed by atoms with Crippen LogP contribution < -0.4 is 10.6 Å². The van der Waals surface area contributed by atoms with Crippen molar-refractivity contribution in [3.63, 3.8) is 0 Å². The standard InChI is InChI=1S/C22H18N6O6/c1-34-22(33)28-17-9-18(29)14(8-12(17)15(25)3-2-6-23)19(26)20(30)27-16-5-4-11(10-24)7-13(16)21(31)32/h2-9,23,25-26,29H,1H3,(H,27,30)(H,28,33)(H,31,32)/b3-2-,23-6?,25-15?,26-19?. The number of carboxylic acids is 1. The van der Waals surface area contributed by atoms with E-state index in [-0.39, 0.29) is 39.3 Å². The van der Waals surface area contributed by atoms with Gasteiger partial charge in [0.1, 0.15) is 11.5 Å². The van der Waals surface area contributed by atoms with Crippen LogP contribution in [0.1, 0.15) is 27.0 Å². The number of rotatable bonds is 8. The lowest BCUT2D eigenvalue weighted by Gasteiger charge is -2.15. The van der Waals surface area contributed by atoms with Gasteiger partial charge in [-0.3, -0.25) is 15.5 Å². The Labute approximate surface area is 192 Å². The normalized spacial score (nSPS) is 10.1. The summed E-state index contributed by atoms with van der Waals surface area (Å²) in [7, 11) is 1.11. The summed E-state index contributed by atoms with van der Waals surface area (Å²) in [6, 6.07) is 7.44. The Morgan fingerprint density at radius 3 is 2.35 bits per heavy atom. The molecule has 2 rings (SSSR count). The number of methoxy groups -OCH3 is 1. The number of nitriles is 1. The zero-order valence-corrected chi connectivity index (χ0v) is 17.6. The Kier molecular flexibility index (Phi) is 7.94. The maximum Gasteiger partial charge on any atom is 0.411 e. The molecular formula is C22H18N6O6. The topological polar surface area (TPSA) is 220 Å². The van der Waals surface area contributed by atoms with E-state index in [2.05, 4.69) is 15.4 Å². The van der Waals surface area contributed by atoms with Crippen molar-refractivity contribution in [2.24, 2.45) is 0 Å². The molecule has 0 fully saturated rings. The Hall–Kier alpha value is -5.31. The maximum atomic E-state index is 12.7. The minimum absolute atomic E-state index is 0.00144. The second kappa shape index (κ2) is 10.8. The monoisotopic (exact) mass is 462 g/mol. The number of allylic oxidation sites excluding steroid dienone is 2. The predicted octanol–water partition coefficient (Wildman–Crippen LogP) is 2.72. The second-order valence-corrected chi connectivity index (χ2v) is 6.48. The third-order valence-electron chi connectivity index (χ3n) is 4.33. The first-order valence-corrected chi connectivity index (χ1v) is 9.28. The van der Waals surface area contributed by atoms with Crippen LogP contribution in [0.3, 0.4) is 0 Å². The number of phenolic OH excluding ortho intramolecular Hbond substituents is 1. The van der Waals surface area contributed by atoms with E-state index in [1.165, 1.54) is 24.3 Å². The molecule has 0 saturated carbocycles. The number of hydrogen-bond acceptors (Lipinski definition) is 9. The average Bonchev–Trinajstić information content (AvgIpc) is 2.82. The first-order valence-electron chi connectivity index (χ1n) is 9.28. The van der Waals surface area contributed by atoms with Gasteiger partial charge in [-0.05, 0) is 36.4 Å². The molecule has 0 spiro atoms. The van der Waals surface area contributed by atoms with Gasteiger partial charge in [0.15, 0.2) is 0 Å². The number of benzene rings is 2. The van der Waals surface area contributed by atoms with Crippen molar-refractivity contribution in [1.29, 1.82) is 21.5 Å². The number of anilines is 2. The van der Waals surface area contributed by atoms with Crippen molar-refractivity contribution in [2.45, 2.75) is 0 Å². The summed E-state index contributed by atoms with van der Waals surface area (Å²) in [6.07, 6.45) is 2.46. The Morgan fingerprint density at radius 2 is 1.76 bits per heavy atom. The van der Waals surface area contributed by atoms with Gasteiger partial charge in [0.05, 0.1) is 41.4 Å². The summed E-state index contributed by atoms with van der Waals surface area (Å²) in [4.78, 5) is 35.8. The molecular weight excluding hydrogens is 444 g/mol. The summed E-state index contributed by atoms with van der Waals surface area (Å²) >= 11 is 0. The molecule has 0 aliphatic rings. The van der Waals surface area contributed by atoms with E-state index in [0.29, 0.717) is 0 Å². The summed E-state index contributed by atoms with van der Waals surface area (Å²) in [5.74, 6) is -3.07. The molecule has 0 atom stereocenters. The molecule has 2 aromatic carbocycles. The number of aromatic hydroxyl groups is 1. The Morgan fingerprint density at radius 1 is 1.06 bits per heavy atom. The fraction of sp³-hybridized carbons (Fsp3) is 0.0455. The number of amides is 2. The highest BCUT2D eigenvalue weighted by Crippen LogP contribution is 2.28. The van der Waals surface area contributed by atoms with E-state index in [1.807, 2.05) is 0 Å². The van der Waals surface area contributed by atoms with Gasteiger partial charge in [0.25, 0.3) is 5.91 Å². The Balaban J connectivity index is 2.48. The zero-order chi connectivity index (χ0) is 25.4. The first kappa shape index (κ1) is 25.0. The molecule has 0 aromatic heterocycles.